The first kappa shape index (κ1) is 17.3. The van der Waals surface area contributed by atoms with Gasteiger partial charge < -0.3 is 10.2 Å². The number of hydrogen-bond donors (Lipinski definition) is 1. The van der Waals surface area contributed by atoms with Gasteiger partial charge in [-0.15, -0.1) is 0 Å². The molecule has 25 heavy (non-hydrogen) atoms. The summed E-state index contributed by atoms with van der Waals surface area (Å²) in [5.74, 6) is -0.413. The van der Waals surface area contributed by atoms with Crippen LogP contribution in [0.4, 0.5) is 24.5 Å². The summed E-state index contributed by atoms with van der Waals surface area (Å²) < 4.78 is 39.2. The molecule has 2 aromatic rings. The Morgan fingerprint density at radius 3 is 2.44 bits per heavy atom. The summed E-state index contributed by atoms with van der Waals surface area (Å²) in [6.07, 6.45) is -2.47. The molecule has 3 nitrogen and oxygen atoms in total. The first-order valence-corrected chi connectivity index (χ1v) is 8.19. The van der Waals surface area contributed by atoms with Crippen LogP contribution in [0.5, 0.6) is 0 Å². The van der Waals surface area contributed by atoms with Crippen LogP contribution in [0, 0.1) is 6.92 Å². The molecule has 0 aromatic heterocycles. The molecule has 1 heterocycles. The predicted octanol–water partition coefficient (Wildman–Crippen LogP) is 4.87. The largest absolute Gasteiger partial charge is 0.416 e. The number of halogens is 3. The molecule has 0 radical (unpaired) electrons. The van der Waals surface area contributed by atoms with E-state index in [0.29, 0.717) is 11.3 Å². The monoisotopic (exact) mass is 348 g/mol. The third-order valence-corrected chi connectivity index (χ3v) is 4.30. The van der Waals surface area contributed by atoms with Crippen LogP contribution in [-0.2, 0) is 6.18 Å². The molecule has 0 saturated carbocycles. The molecule has 0 aliphatic carbocycles. The Morgan fingerprint density at radius 2 is 1.80 bits per heavy atom. The van der Waals surface area contributed by atoms with E-state index in [9.17, 15) is 18.0 Å². The molecule has 3 rings (SSSR count). The molecule has 1 amide bonds. The summed E-state index contributed by atoms with van der Waals surface area (Å²) in [4.78, 5) is 14.5. The van der Waals surface area contributed by atoms with Gasteiger partial charge in [0, 0.05) is 18.7 Å². The summed E-state index contributed by atoms with van der Waals surface area (Å²) in [7, 11) is 0. The highest BCUT2D eigenvalue weighted by Gasteiger charge is 2.32. The second kappa shape index (κ2) is 6.78. The number of carbonyl (C=O) groups excluding carboxylic acids is 1. The van der Waals surface area contributed by atoms with Crippen LogP contribution in [0.3, 0.4) is 0 Å². The van der Waals surface area contributed by atoms with Gasteiger partial charge in [0.25, 0.3) is 5.91 Å². The number of carbonyl (C=O) groups is 1. The minimum absolute atomic E-state index is 0.197. The number of alkyl halides is 3. The van der Waals surface area contributed by atoms with Gasteiger partial charge in [0.05, 0.1) is 16.9 Å². The average Bonchev–Trinajstić information content (AvgIpc) is 3.08. The van der Waals surface area contributed by atoms with Gasteiger partial charge in [0.2, 0.25) is 0 Å². The van der Waals surface area contributed by atoms with Crippen LogP contribution < -0.4 is 10.2 Å². The SMILES string of the molecule is Cc1cccc(C(=O)Nc2cc(C(F)(F)F)ccc2N2CCCC2)c1. The fourth-order valence-corrected chi connectivity index (χ4v) is 3.03. The molecule has 1 aliphatic heterocycles. The molecule has 1 aliphatic rings. The Bertz CT molecular complexity index is 780. The van der Waals surface area contributed by atoms with Gasteiger partial charge in [-0.3, -0.25) is 4.79 Å². The van der Waals surface area contributed by atoms with E-state index in [0.717, 1.165) is 43.6 Å². The van der Waals surface area contributed by atoms with Crippen LogP contribution in [0.25, 0.3) is 0 Å². The lowest BCUT2D eigenvalue weighted by atomic mass is 10.1. The molecule has 1 N–H and O–H groups in total. The highest BCUT2D eigenvalue weighted by Crippen LogP contribution is 2.36. The van der Waals surface area contributed by atoms with Crippen molar-refractivity contribution < 1.29 is 18.0 Å². The lowest BCUT2D eigenvalue weighted by molar-refractivity contribution is -0.137. The van der Waals surface area contributed by atoms with Crippen LogP contribution in [0.1, 0.15) is 34.3 Å². The molecule has 0 bridgehead atoms. The van der Waals surface area contributed by atoms with Crippen LogP contribution >= 0.6 is 0 Å². The number of amides is 1. The lowest BCUT2D eigenvalue weighted by Crippen LogP contribution is -2.22. The average molecular weight is 348 g/mol. The summed E-state index contributed by atoms with van der Waals surface area (Å²) in [6, 6.07) is 10.5. The maximum Gasteiger partial charge on any atom is 0.416 e. The number of benzene rings is 2. The van der Waals surface area contributed by atoms with E-state index in [1.807, 2.05) is 17.9 Å². The predicted molar refractivity (Wildman–Crippen MR) is 92.0 cm³/mol. The molecule has 1 fully saturated rings. The van der Waals surface area contributed by atoms with E-state index in [-0.39, 0.29) is 5.69 Å². The van der Waals surface area contributed by atoms with E-state index in [4.69, 9.17) is 0 Å². The normalized spacial score (nSPS) is 14.6. The topological polar surface area (TPSA) is 32.3 Å². The number of aryl methyl sites for hydroxylation is 1. The number of nitrogens with one attached hydrogen (secondary N) is 1. The standard InChI is InChI=1S/C19H19F3N2O/c1-13-5-4-6-14(11-13)18(25)23-16-12-15(19(20,21)22)7-8-17(16)24-9-2-3-10-24/h4-8,11-12H,2-3,9-10H2,1H3,(H,23,25). The molecule has 0 atom stereocenters. The van der Waals surface area contributed by atoms with Gasteiger partial charge in [0.15, 0.2) is 0 Å². The summed E-state index contributed by atoms with van der Waals surface area (Å²) in [5, 5.41) is 2.66. The number of hydrogen-bond acceptors (Lipinski definition) is 2. The van der Waals surface area contributed by atoms with Crippen molar-refractivity contribution in [2.75, 3.05) is 23.3 Å². The quantitative estimate of drug-likeness (QED) is 0.858. The minimum atomic E-state index is -4.45. The van der Waals surface area contributed by atoms with E-state index in [1.54, 1.807) is 18.2 Å². The van der Waals surface area contributed by atoms with Crippen LogP contribution in [0.2, 0.25) is 0 Å². The smallest absolute Gasteiger partial charge is 0.370 e. The highest BCUT2D eigenvalue weighted by molar-refractivity contribution is 6.06. The summed E-state index contributed by atoms with van der Waals surface area (Å²) in [5.41, 5.74) is 1.39. The second-order valence-corrected chi connectivity index (χ2v) is 6.25. The third-order valence-electron chi connectivity index (χ3n) is 4.30. The first-order chi connectivity index (χ1) is 11.8. The maximum absolute atomic E-state index is 13.1. The van der Waals surface area contributed by atoms with Crippen molar-refractivity contribution in [2.24, 2.45) is 0 Å². The molecule has 2 aromatic carbocycles. The Hall–Kier alpha value is -2.50. The van der Waals surface area contributed by atoms with Crippen LogP contribution in [-0.4, -0.2) is 19.0 Å². The van der Waals surface area contributed by atoms with Gasteiger partial charge in [-0.2, -0.15) is 13.2 Å². The third kappa shape index (κ3) is 3.95. The zero-order chi connectivity index (χ0) is 18.0. The molecule has 0 unspecified atom stereocenters. The van der Waals surface area contributed by atoms with Crippen molar-refractivity contribution in [2.45, 2.75) is 25.9 Å². The summed E-state index contributed by atoms with van der Waals surface area (Å²) in [6.45, 7) is 3.41. The Kier molecular flexibility index (Phi) is 4.70. The van der Waals surface area contributed by atoms with E-state index in [1.165, 1.54) is 6.07 Å². The second-order valence-electron chi connectivity index (χ2n) is 6.25. The van der Waals surface area contributed by atoms with Crippen molar-refractivity contribution in [3.8, 4) is 0 Å². The summed E-state index contributed by atoms with van der Waals surface area (Å²) >= 11 is 0. The van der Waals surface area contributed by atoms with Crippen molar-refractivity contribution in [3.05, 3.63) is 59.2 Å². The van der Waals surface area contributed by atoms with Crippen LogP contribution in [0.15, 0.2) is 42.5 Å². The number of anilines is 2. The Labute approximate surface area is 144 Å². The van der Waals surface area contributed by atoms with Gasteiger partial charge in [-0.05, 0) is 50.1 Å². The van der Waals surface area contributed by atoms with Crippen molar-refractivity contribution in [1.82, 2.24) is 0 Å². The Morgan fingerprint density at radius 1 is 1.08 bits per heavy atom. The molecular weight excluding hydrogens is 329 g/mol. The number of nitrogens with zero attached hydrogens (tertiary/aromatic N) is 1. The van der Waals surface area contributed by atoms with Gasteiger partial charge >= 0.3 is 6.18 Å². The molecule has 0 spiro atoms. The zero-order valence-corrected chi connectivity index (χ0v) is 13.9. The number of rotatable bonds is 3. The van der Waals surface area contributed by atoms with Gasteiger partial charge in [-0.25, -0.2) is 0 Å². The van der Waals surface area contributed by atoms with E-state index >= 15 is 0 Å². The van der Waals surface area contributed by atoms with E-state index < -0.39 is 17.6 Å². The Balaban J connectivity index is 1.95. The molecular formula is C19H19F3N2O. The van der Waals surface area contributed by atoms with Gasteiger partial charge in [0.1, 0.15) is 0 Å². The van der Waals surface area contributed by atoms with Crippen molar-refractivity contribution in [3.63, 3.8) is 0 Å². The highest BCUT2D eigenvalue weighted by atomic mass is 19.4. The first-order valence-electron chi connectivity index (χ1n) is 8.19. The van der Waals surface area contributed by atoms with E-state index in [2.05, 4.69) is 5.32 Å². The molecule has 1 saturated heterocycles. The van der Waals surface area contributed by atoms with Gasteiger partial charge in [-0.1, -0.05) is 17.7 Å². The fraction of sp³-hybridized carbons (Fsp3) is 0.316. The minimum Gasteiger partial charge on any atom is -0.370 e. The molecule has 6 heteroatoms. The van der Waals surface area contributed by atoms with Crippen molar-refractivity contribution >= 4 is 17.3 Å². The van der Waals surface area contributed by atoms with Crippen molar-refractivity contribution in [1.29, 1.82) is 0 Å². The fourth-order valence-electron chi connectivity index (χ4n) is 3.03. The lowest BCUT2D eigenvalue weighted by Gasteiger charge is -2.23. The maximum atomic E-state index is 13.1. The zero-order valence-electron chi connectivity index (χ0n) is 13.9. The molecule has 132 valence electrons.